The highest BCUT2D eigenvalue weighted by Gasteiger charge is 2.22. The van der Waals surface area contributed by atoms with Gasteiger partial charge in [0.05, 0.1) is 4.90 Å². The van der Waals surface area contributed by atoms with Crippen LogP contribution in [0.25, 0.3) is 0 Å². The van der Waals surface area contributed by atoms with E-state index < -0.39 is 33.2 Å². The van der Waals surface area contributed by atoms with Crippen LogP contribution in [0.5, 0.6) is 0 Å². The summed E-state index contributed by atoms with van der Waals surface area (Å²) in [4.78, 5) is 23.5. The standard InChI is InChI=1S/C17H27N3O5S/c1-16(2,3)20-26(23,24)13-9-7-8-12(10-13)19-14(21)11-18-15(22)25-17(4,5)6/h7-10,20H,11H2,1-6H3,(H,18,22)(H,19,21). The van der Waals surface area contributed by atoms with Crippen molar-refractivity contribution in [3.63, 3.8) is 0 Å². The zero-order chi connectivity index (χ0) is 20.2. The van der Waals surface area contributed by atoms with E-state index in [0.717, 1.165) is 0 Å². The average Bonchev–Trinajstić information content (AvgIpc) is 2.41. The highest BCUT2D eigenvalue weighted by molar-refractivity contribution is 7.89. The summed E-state index contributed by atoms with van der Waals surface area (Å²) >= 11 is 0. The van der Waals surface area contributed by atoms with Crippen molar-refractivity contribution >= 4 is 27.7 Å². The molecule has 0 heterocycles. The first-order chi connectivity index (χ1) is 11.7. The van der Waals surface area contributed by atoms with E-state index in [2.05, 4.69) is 15.4 Å². The molecule has 0 spiro atoms. The molecule has 0 atom stereocenters. The number of carbonyl (C=O) groups excluding carboxylic acids is 2. The smallest absolute Gasteiger partial charge is 0.408 e. The Bertz CT molecular complexity index is 761. The third-order valence-corrected chi connectivity index (χ3v) is 4.42. The van der Waals surface area contributed by atoms with Crippen LogP contribution in [0.3, 0.4) is 0 Å². The van der Waals surface area contributed by atoms with Crippen LogP contribution in [-0.2, 0) is 19.6 Å². The Labute approximate surface area is 154 Å². The lowest BCUT2D eigenvalue weighted by atomic mass is 10.1. The molecule has 26 heavy (non-hydrogen) atoms. The normalized spacial score (nSPS) is 12.4. The highest BCUT2D eigenvalue weighted by Crippen LogP contribution is 2.17. The van der Waals surface area contributed by atoms with Crippen LogP contribution < -0.4 is 15.4 Å². The van der Waals surface area contributed by atoms with Crippen LogP contribution in [0.4, 0.5) is 10.5 Å². The maximum Gasteiger partial charge on any atom is 0.408 e. The largest absolute Gasteiger partial charge is 0.444 e. The van der Waals surface area contributed by atoms with Crippen LogP contribution >= 0.6 is 0 Å². The summed E-state index contributed by atoms with van der Waals surface area (Å²) in [5, 5.41) is 4.87. The lowest BCUT2D eigenvalue weighted by Gasteiger charge is -2.20. The third-order valence-electron chi connectivity index (χ3n) is 2.66. The summed E-state index contributed by atoms with van der Waals surface area (Å²) in [6.07, 6.45) is -0.710. The second-order valence-corrected chi connectivity index (χ2v) is 9.47. The summed E-state index contributed by atoms with van der Waals surface area (Å²) in [5.74, 6) is -0.505. The molecule has 8 nitrogen and oxygen atoms in total. The topological polar surface area (TPSA) is 114 Å². The SMILES string of the molecule is CC(C)(C)NS(=O)(=O)c1cccc(NC(=O)CNC(=O)OC(C)(C)C)c1. The molecule has 1 aromatic rings. The zero-order valence-corrected chi connectivity index (χ0v) is 16.8. The highest BCUT2D eigenvalue weighted by atomic mass is 32.2. The van der Waals surface area contributed by atoms with Gasteiger partial charge >= 0.3 is 6.09 Å². The average molecular weight is 385 g/mol. The number of hydrogen-bond acceptors (Lipinski definition) is 5. The number of carbonyl (C=O) groups is 2. The minimum atomic E-state index is -3.71. The zero-order valence-electron chi connectivity index (χ0n) is 16.0. The number of amides is 2. The van der Waals surface area contributed by atoms with Crippen LogP contribution in [-0.4, -0.2) is 38.1 Å². The quantitative estimate of drug-likeness (QED) is 0.719. The van der Waals surface area contributed by atoms with Gasteiger partial charge in [0.1, 0.15) is 12.1 Å². The van der Waals surface area contributed by atoms with Gasteiger partial charge in [-0.2, -0.15) is 0 Å². The van der Waals surface area contributed by atoms with E-state index in [1.807, 2.05) is 0 Å². The van der Waals surface area contributed by atoms with Gasteiger partial charge in [-0.15, -0.1) is 0 Å². The van der Waals surface area contributed by atoms with Gasteiger partial charge in [-0.05, 0) is 59.7 Å². The molecule has 0 radical (unpaired) electrons. The Balaban J connectivity index is 2.72. The molecule has 1 rings (SSSR count). The Kier molecular flexibility index (Phi) is 6.78. The van der Waals surface area contributed by atoms with Gasteiger partial charge in [-0.3, -0.25) is 4.79 Å². The predicted octanol–water partition coefficient (Wildman–Crippen LogP) is 2.23. The van der Waals surface area contributed by atoms with Crippen molar-refractivity contribution < 1.29 is 22.7 Å². The van der Waals surface area contributed by atoms with Crippen molar-refractivity contribution in [1.82, 2.24) is 10.0 Å². The van der Waals surface area contributed by atoms with Crippen molar-refractivity contribution in [1.29, 1.82) is 0 Å². The maximum atomic E-state index is 12.3. The second kappa shape index (κ2) is 8.05. The number of anilines is 1. The van der Waals surface area contributed by atoms with E-state index >= 15 is 0 Å². The monoisotopic (exact) mass is 385 g/mol. The van der Waals surface area contributed by atoms with Crippen LogP contribution in [0.2, 0.25) is 0 Å². The molecule has 0 unspecified atom stereocenters. The van der Waals surface area contributed by atoms with Crippen molar-refractivity contribution in [2.45, 2.75) is 57.6 Å². The maximum absolute atomic E-state index is 12.3. The molecule has 9 heteroatoms. The number of nitrogens with one attached hydrogen (secondary N) is 3. The molecular formula is C17H27N3O5S. The molecule has 0 aromatic heterocycles. The van der Waals surface area contributed by atoms with Crippen LogP contribution in [0, 0.1) is 0 Å². The number of hydrogen-bond donors (Lipinski definition) is 3. The lowest BCUT2D eigenvalue weighted by molar-refractivity contribution is -0.115. The minimum absolute atomic E-state index is 0.0327. The van der Waals surface area contributed by atoms with Gasteiger partial charge in [-0.25, -0.2) is 17.9 Å². The van der Waals surface area contributed by atoms with Crippen molar-refractivity contribution in [2.75, 3.05) is 11.9 Å². The second-order valence-electron chi connectivity index (χ2n) is 7.79. The summed E-state index contributed by atoms with van der Waals surface area (Å²) < 4.78 is 32.2. The molecule has 0 saturated carbocycles. The van der Waals surface area contributed by atoms with E-state index in [4.69, 9.17) is 4.74 Å². The Hall–Kier alpha value is -2.13. The van der Waals surface area contributed by atoms with E-state index in [1.54, 1.807) is 47.6 Å². The first-order valence-corrected chi connectivity index (χ1v) is 9.57. The fraction of sp³-hybridized carbons (Fsp3) is 0.529. The van der Waals surface area contributed by atoms with Gasteiger partial charge in [0.2, 0.25) is 15.9 Å². The van der Waals surface area contributed by atoms with E-state index in [9.17, 15) is 18.0 Å². The molecule has 0 aliphatic carbocycles. The van der Waals surface area contributed by atoms with Crippen molar-refractivity contribution in [2.24, 2.45) is 0 Å². The van der Waals surface area contributed by atoms with Gasteiger partial charge in [0.25, 0.3) is 0 Å². The minimum Gasteiger partial charge on any atom is -0.444 e. The van der Waals surface area contributed by atoms with Crippen LogP contribution in [0.15, 0.2) is 29.2 Å². The van der Waals surface area contributed by atoms with E-state index in [-0.39, 0.29) is 11.4 Å². The van der Waals surface area contributed by atoms with Gasteiger partial charge in [-0.1, -0.05) is 6.07 Å². The molecular weight excluding hydrogens is 358 g/mol. The molecule has 3 N–H and O–H groups in total. The molecule has 0 aliphatic rings. The first kappa shape index (κ1) is 21.9. The molecule has 2 amide bonds. The predicted molar refractivity (Wildman–Crippen MR) is 99.4 cm³/mol. The number of benzene rings is 1. The van der Waals surface area contributed by atoms with Crippen LogP contribution in [0.1, 0.15) is 41.5 Å². The summed E-state index contributed by atoms with van der Waals surface area (Å²) in [7, 11) is -3.71. The summed E-state index contributed by atoms with van der Waals surface area (Å²) in [6, 6.07) is 5.86. The van der Waals surface area contributed by atoms with Crippen molar-refractivity contribution in [3.05, 3.63) is 24.3 Å². The molecule has 0 saturated heterocycles. The third kappa shape index (κ3) is 8.30. The Morgan fingerprint density at radius 3 is 2.23 bits per heavy atom. The Morgan fingerprint density at radius 2 is 1.69 bits per heavy atom. The van der Waals surface area contributed by atoms with Crippen molar-refractivity contribution in [3.8, 4) is 0 Å². The van der Waals surface area contributed by atoms with E-state index in [0.29, 0.717) is 5.69 Å². The fourth-order valence-electron chi connectivity index (χ4n) is 1.87. The number of rotatable bonds is 5. The molecule has 0 fully saturated rings. The summed E-state index contributed by atoms with van der Waals surface area (Å²) in [6.45, 7) is 10.0. The number of alkyl carbamates (subject to hydrolysis) is 1. The lowest BCUT2D eigenvalue weighted by Crippen LogP contribution is -2.40. The fourth-order valence-corrected chi connectivity index (χ4v) is 3.34. The number of ether oxygens (including phenoxy) is 1. The molecule has 1 aromatic carbocycles. The summed E-state index contributed by atoms with van der Waals surface area (Å²) in [5.41, 5.74) is -0.989. The number of sulfonamides is 1. The first-order valence-electron chi connectivity index (χ1n) is 8.09. The van der Waals surface area contributed by atoms with Gasteiger partial charge < -0.3 is 15.4 Å². The van der Waals surface area contributed by atoms with E-state index in [1.165, 1.54) is 18.2 Å². The van der Waals surface area contributed by atoms with Gasteiger partial charge in [0, 0.05) is 11.2 Å². The van der Waals surface area contributed by atoms with Gasteiger partial charge in [0.15, 0.2) is 0 Å². The molecule has 0 aliphatic heterocycles. The Morgan fingerprint density at radius 1 is 1.08 bits per heavy atom. The molecule has 146 valence electrons. The molecule has 0 bridgehead atoms.